The number of nitrogens with two attached hydrogens (primary N) is 1. The first kappa shape index (κ1) is 11.2. The summed E-state index contributed by atoms with van der Waals surface area (Å²) >= 11 is 0. The van der Waals surface area contributed by atoms with Gasteiger partial charge in [-0.25, -0.2) is 9.97 Å². The fraction of sp³-hybridized carbons (Fsp3) is 0.667. The molecule has 4 nitrogen and oxygen atoms in total. The van der Waals surface area contributed by atoms with Crippen LogP contribution in [0, 0.1) is 0 Å². The fourth-order valence-electron chi connectivity index (χ4n) is 2.31. The van der Waals surface area contributed by atoms with Crippen LogP contribution in [0.2, 0.25) is 0 Å². The quantitative estimate of drug-likeness (QED) is 0.828. The number of anilines is 2. The predicted octanol–water partition coefficient (Wildman–Crippen LogP) is 2.00. The Labute approximate surface area is 96.9 Å². The van der Waals surface area contributed by atoms with Crippen molar-refractivity contribution in [3.8, 4) is 0 Å². The van der Waals surface area contributed by atoms with Crippen LogP contribution in [0.1, 0.15) is 38.2 Å². The van der Waals surface area contributed by atoms with Crippen LogP contribution in [0.4, 0.5) is 11.6 Å². The molecule has 16 heavy (non-hydrogen) atoms. The molecule has 88 valence electrons. The van der Waals surface area contributed by atoms with Crippen molar-refractivity contribution in [2.24, 2.45) is 0 Å². The molecule has 1 saturated heterocycles. The zero-order valence-electron chi connectivity index (χ0n) is 9.95. The molecule has 4 heteroatoms. The van der Waals surface area contributed by atoms with E-state index in [2.05, 4.69) is 21.8 Å². The van der Waals surface area contributed by atoms with Gasteiger partial charge in [0, 0.05) is 18.7 Å². The standard InChI is InChI=1S/C12H20N4/c1-2-10-11(13)14-9-15-12(10)16-7-5-3-4-6-8-16/h9H,2-8H2,1H3,(H2,13,14,15). The summed E-state index contributed by atoms with van der Waals surface area (Å²) in [4.78, 5) is 10.8. The van der Waals surface area contributed by atoms with Gasteiger partial charge in [0.05, 0.1) is 0 Å². The molecule has 2 rings (SSSR count). The minimum atomic E-state index is 0.636. The molecule has 0 atom stereocenters. The summed E-state index contributed by atoms with van der Waals surface area (Å²) in [6.07, 6.45) is 7.66. The smallest absolute Gasteiger partial charge is 0.137 e. The van der Waals surface area contributed by atoms with Gasteiger partial charge in [-0.05, 0) is 19.3 Å². The Morgan fingerprint density at radius 3 is 2.50 bits per heavy atom. The summed E-state index contributed by atoms with van der Waals surface area (Å²) in [5.41, 5.74) is 7.00. The van der Waals surface area contributed by atoms with Crippen molar-refractivity contribution in [3.05, 3.63) is 11.9 Å². The molecular weight excluding hydrogens is 200 g/mol. The number of hydrogen-bond donors (Lipinski definition) is 1. The summed E-state index contributed by atoms with van der Waals surface area (Å²) < 4.78 is 0. The molecule has 1 fully saturated rings. The second kappa shape index (κ2) is 5.14. The minimum Gasteiger partial charge on any atom is -0.383 e. The normalized spacial score (nSPS) is 17.2. The first-order valence-corrected chi connectivity index (χ1v) is 6.17. The maximum Gasteiger partial charge on any atom is 0.137 e. The van der Waals surface area contributed by atoms with Gasteiger partial charge >= 0.3 is 0 Å². The lowest BCUT2D eigenvalue weighted by Crippen LogP contribution is -2.26. The van der Waals surface area contributed by atoms with Crippen LogP contribution in [0.3, 0.4) is 0 Å². The highest BCUT2D eigenvalue weighted by atomic mass is 15.2. The molecule has 0 saturated carbocycles. The number of rotatable bonds is 2. The number of hydrogen-bond acceptors (Lipinski definition) is 4. The van der Waals surface area contributed by atoms with Gasteiger partial charge in [-0.15, -0.1) is 0 Å². The van der Waals surface area contributed by atoms with E-state index >= 15 is 0 Å². The van der Waals surface area contributed by atoms with Gasteiger partial charge in [0.2, 0.25) is 0 Å². The van der Waals surface area contributed by atoms with E-state index in [0.717, 1.165) is 30.9 Å². The topological polar surface area (TPSA) is 55.0 Å². The summed E-state index contributed by atoms with van der Waals surface area (Å²) in [5.74, 6) is 1.69. The molecule has 2 heterocycles. The van der Waals surface area contributed by atoms with E-state index in [1.807, 2.05) is 0 Å². The molecule has 0 unspecified atom stereocenters. The predicted molar refractivity (Wildman–Crippen MR) is 66.5 cm³/mol. The minimum absolute atomic E-state index is 0.636. The van der Waals surface area contributed by atoms with Crippen LogP contribution in [0.15, 0.2) is 6.33 Å². The van der Waals surface area contributed by atoms with Crippen LogP contribution in [0.5, 0.6) is 0 Å². The SMILES string of the molecule is CCc1c(N)ncnc1N1CCCCCC1. The van der Waals surface area contributed by atoms with Crippen molar-refractivity contribution < 1.29 is 0 Å². The van der Waals surface area contributed by atoms with Crippen molar-refractivity contribution in [2.45, 2.75) is 39.0 Å². The number of aromatic nitrogens is 2. The van der Waals surface area contributed by atoms with Gasteiger partial charge in [0.25, 0.3) is 0 Å². The molecule has 0 spiro atoms. The molecule has 1 aromatic heterocycles. The van der Waals surface area contributed by atoms with Gasteiger partial charge in [-0.3, -0.25) is 0 Å². The Balaban J connectivity index is 2.27. The first-order chi connectivity index (χ1) is 7.83. The van der Waals surface area contributed by atoms with Crippen molar-refractivity contribution >= 4 is 11.6 Å². The maximum absolute atomic E-state index is 5.90. The van der Waals surface area contributed by atoms with Crippen molar-refractivity contribution in [3.63, 3.8) is 0 Å². The second-order valence-corrected chi connectivity index (χ2v) is 4.32. The number of nitrogens with zero attached hydrogens (tertiary/aromatic N) is 3. The molecule has 0 radical (unpaired) electrons. The highest BCUT2D eigenvalue weighted by Crippen LogP contribution is 2.24. The van der Waals surface area contributed by atoms with E-state index in [4.69, 9.17) is 5.73 Å². The second-order valence-electron chi connectivity index (χ2n) is 4.32. The lowest BCUT2D eigenvalue weighted by atomic mass is 10.2. The van der Waals surface area contributed by atoms with E-state index < -0.39 is 0 Å². The third-order valence-electron chi connectivity index (χ3n) is 3.22. The first-order valence-electron chi connectivity index (χ1n) is 6.17. The third-order valence-corrected chi connectivity index (χ3v) is 3.22. The molecule has 0 aromatic carbocycles. The molecule has 1 aromatic rings. The summed E-state index contributed by atoms with van der Waals surface area (Å²) in [5, 5.41) is 0. The van der Waals surface area contributed by atoms with Gasteiger partial charge in [-0.2, -0.15) is 0 Å². The highest BCUT2D eigenvalue weighted by Gasteiger charge is 2.16. The van der Waals surface area contributed by atoms with Crippen molar-refractivity contribution in [1.29, 1.82) is 0 Å². The van der Waals surface area contributed by atoms with Gasteiger partial charge in [0.1, 0.15) is 18.0 Å². The summed E-state index contributed by atoms with van der Waals surface area (Å²) in [6, 6.07) is 0. The van der Waals surface area contributed by atoms with Gasteiger partial charge < -0.3 is 10.6 Å². The van der Waals surface area contributed by atoms with Crippen LogP contribution < -0.4 is 10.6 Å². The maximum atomic E-state index is 5.90. The zero-order valence-corrected chi connectivity index (χ0v) is 9.95. The summed E-state index contributed by atoms with van der Waals surface area (Å²) in [6.45, 7) is 4.31. The number of nitrogen functional groups attached to an aromatic ring is 1. The Hall–Kier alpha value is -1.32. The highest BCUT2D eigenvalue weighted by molar-refractivity contribution is 5.56. The molecule has 0 amide bonds. The average Bonchev–Trinajstić information content (AvgIpc) is 2.57. The van der Waals surface area contributed by atoms with Crippen LogP contribution >= 0.6 is 0 Å². The van der Waals surface area contributed by atoms with E-state index in [9.17, 15) is 0 Å². The lowest BCUT2D eigenvalue weighted by Gasteiger charge is -2.24. The molecule has 0 bridgehead atoms. The summed E-state index contributed by atoms with van der Waals surface area (Å²) in [7, 11) is 0. The van der Waals surface area contributed by atoms with Crippen molar-refractivity contribution in [2.75, 3.05) is 23.7 Å². The Kier molecular flexibility index (Phi) is 3.59. The molecule has 0 aliphatic carbocycles. The van der Waals surface area contributed by atoms with E-state index in [1.165, 1.54) is 25.7 Å². The molecule has 2 N–H and O–H groups in total. The average molecular weight is 220 g/mol. The van der Waals surface area contributed by atoms with Crippen LogP contribution in [0.25, 0.3) is 0 Å². The Morgan fingerprint density at radius 2 is 1.88 bits per heavy atom. The lowest BCUT2D eigenvalue weighted by molar-refractivity contribution is 0.726. The van der Waals surface area contributed by atoms with Crippen LogP contribution in [-0.2, 0) is 6.42 Å². The van der Waals surface area contributed by atoms with E-state index in [0.29, 0.717) is 5.82 Å². The Morgan fingerprint density at radius 1 is 1.19 bits per heavy atom. The molecular formula is C12H20N4. The fourth-order valence-corrected chi connectivity index (χ4v) is 2.31. The zero-order chi connectivity index (χ0) is 11.4. The molecule has 1 aliphatic heterocycles. The van der Waals surface area contributed by atoms with E-state index in [-0.39, 0.29) is 0 Å². The molecule has 1 aliphatic rings. The van der Waals surface area contributed by atoms with Gasteiger partial charge in [-0.1, -0.05) is 19.8 Å². The monoisotopic (exact) mass is 220 g/mol. The largest absolute Gasteiger partial charge is 0.383 e. The van der Waals surface area contributed by atoms with E-state index in [1.54, 1.807) is 6.33 Å². The van der Waals surface area contributed by atoms with Gasteiger partial charge in [0.15, 0.2) is 0 Å². The third kappa shape index (κ3) is 2.26. The van der Waals surface area contributed by atoms with Crippen LogP contribution in [-0.4, -0.2) is 23.1 Å². The Bertz CT molecular complexity index is 343. The van der Waals surface area contributed by atoms with Crippen molar-refractivity contribution in [1.82, 2.24) is 9.97 Å².